The first kappa shape index (κ1) is 9.92. The van der Waals surface area contributed by atoms with Crippen LogP contribution in [-0.2, 0) is 9.59 Å². The van der Waals surface area contributed by atoms with E-state index < -0.39 is 0 Å². The van der Waals surface area contributed by atoms with Crippen molar-refractivity contribution >= 4 is 11.8 Å². The minimum Gasteiger partial charge on any atom is -0.294 e. The van der Waals surface area contributed by atoms with Crippen molar-refractivity contribution in [1.29, 1.82) is 0 Å². The maximum atomic E-state index is 10.9. The van der Waals surface area contributed by atoms with Crippen molar-refractivity contribution in [2.24, 2.45) is 0 Å². The van der Waals surface area contributed by atoms with E-state index in [1.54, 1.807) is 0 Å². The van der Waals surface area contributed by atoms with Gasteiger partial charge in [-0.15, -0.1) is 0 Å². The molecule has 1 heterocycles. The van der Waals surface area contributed by atoms with E-state index >= 15 is 0 Å². The lowest BCUT2D eigenvalue weighted by molar-refractivity contribution is -0.135. The Morgan fingerprint density at radius 2 is 2.00 bits per heavy atom. The van der Waals surface area contributed by atoms with E-state index in [0.717, 1.165) is 13.0 Å². The van der Waals surface area contributed by atoms with Crippen LogP contribution in [0.3, 0.4) is 0 Å². The Morgan fingerprint density at radius 1 is 1.38 bits per heavy atom. The molecule has 0 spiro atoms. The van der Waals surface area contributed by atoms with Crippen LogP contribution < -0.4 is 5.32 Å². The Bertz CT molecular complexity index is 220. The minimum atomic E-state index is -0.197. The molecule has 0 radical (unpaired) electrons. The van der Waals surface area contributed by atoms with E-state index in [9.17, 15) is 9.59 Å². The van der Waals surface area contributed by atoms with Crippen LogP contribution in [0.2, 0.25) is 0 Å². The van der Waals surface area contributed by atoms with Gasteiger partial charge in [0.25, 0.3) is 0 Å². The zero-order valence-corrected chi connectivity index (χ0v) is 7.75. The van der Waals surface area contributed by atoms with Gasteiger partial charge in [0, 0.05) is 6.54 Å². The summed E-state index contributed by atoms with van der Waals surface area (Å²) in [6, 6.07) is 0. The van der Waals surface area contributed by atoms with Gasteiger partial charge in [-0.1, -0.05) is 12.2 Å². The second kappa shape index (κ2) is 4.77. The van der Waals surface area contributed by atoms with Crippen molar-refractivity contribution < 1.29 is 9.59 Å². The molecule has 0 aromatic rings. The number of carbonyl (C=O) groups is 2. The average Bonchev–Trinajstić information content (AvgIpc) is 2.03. The normalized spacial score (nSPS) is 19.5. The van der Waals surface area contributed by atoms with Crippen molar-refractivity contribution in [3.05, 3.63) is 12.2 Å². The average molecular weight is 182 g/mol. The standard InChI is InChI=1S/C9H14N2O2/c1-2-3-4-5-11-6-8(12)10-9(13)7-11/h2-3H,4-7H2,1H3,(H,10,12,13)/b3-2+. The Labute approximate surface area is 77.6 Å². The van der Waals surface area contributed by atoms with Crippen molar-refractivity contribution in [2.75, 3.05) is 19.6 Å². The lowest BCUT2D eigenvalue weighted by atomic mass is 10.3. The summed E-state index contributed by atoms with van der Waals surface area (Å²) in [6.45, 7) is 3.39. The fourth-order valence-electron chi connectivity index (χ4n) is 1.28. The molecule has 4 nitrogen and oxygen atoms in total. The van der Waals surface area contributed by atoms with Gasteiger partial charge in [0.15, 0.2) is 0 Å². The molecule has 4 heteroatoms. The molecule has 1 aliphatic heterocycles. The molecule has 1 aliphatic rings. The molecule has 2 amide bonds. The summed E-state index contributed by atoms with van der Waals surface area (Å²) < 4.78 is 0. The SMILES string of the molecule is C/C=C/CCN1CC(=O)NC(=O)C1. The van der Waals surface area contributed by atoms with E-state index in [0.29, 0.717) is 13.1 Å². The summed E-state index contributed by atoms with van der Waals surface area (Å²) in [4.78, 5) is 23.7. The quantitative estimate of drug-likeness (QED) is 0.490. The van der Waals surface area contributed by atoms with E-state index in [1.165, 1.54) is 0 Å². The number of hydrogen-bond donors (Lipinski definition) is 1. The van der Waals surface area contributed by atoms with Gasteiger partial charge in [-0.3, -0.25) is 19.8 Å². The fourth-order valence-corrected chi connectivity index (χ4v) is 1.28. The second-order valence-electron chi connectivity index (χ2n) is 3.04. The fraction of sp³-hybridized carbons (Fsp3) is 0.556. The minimum absolute atomic E-state index is 0.197. The first-order valence-electron chi connectivity index (χ1n) is 4.38. The Balaban J connectivity index is 2.33. The molecule has 1 fully saturated rings. The number of rotatable bonds is 3. The number of allylic oxidation sites excluding steroid dienone is 1. The first-order chi connectivity index (χ1) is 6.22. The van der Waals surface area contributed by atoms with Crippen molar-refractivity contribution in [3.63, 3.8) is 0 Å². The summed E-state index contributed by atoms with van der Waals surface area (Å²) in [7, 11) is 0. The molecule has 1 saturated heterocycles. The number of nitrogens with one attached hydrogen (secondary N) is 1. The van der Waals surface area contributed by atoms with Gasteiger partial charge >= 0.3 is 0 Å². The summed E-state index contributed by atoms with van der Waals surface area (Å²) in [6.07, 6.45) is 4.87. The van der Waals surface area contributed by atoms with Crippen LogP contribution >= 0.6 is 0 Å². The summed E-state index contributed by atoms with van der Waals surface area (Å²) in [5.74, 6) is -0.395. The first-order valence-corrected chi connectivity index (χ1v) is 4.38. The molecule has 0 unspecified atom stereocenters. The lowest BCUT2D eigenvalue weighted by Gasteiger charge is -2.24. The number of hydrogen-bond acceptors (Lipinski definition) is 3. The van der Waals surface area contributed by atoms with Gasteiger partial charge in [0.05, 0.1) is 13.1 Å². The summed E-state index contributed by atoms with van der Waals surface area (Å²) >= 11 is 0. The molecule has 72 valence electrons. The summed E-state index contributed by atoms with van der Waals surface area (Å²) in [5, 5.41) is 2.26. The predicted molar refractivity (Wildman–Crippen MR) is 49.0 cm³/mol. The van der Waals surface area contributed by atoms with Crippen LogP contribution in [0.15, 0.2) is 12.2 Å². The smallest absolute Gasteiger partial charge is 0.240 e. The molecule has 1 rings (SSSR count). The van der Waals surface area contributed by atoms with Gasteiger partial charge in [-0.25, -0.2) is 0 Å². The van der Waals surface area contributed by atoms with Crippen LogP contribution in [0, 0.1) is 0 Å². The van der Waals surface area contributed by atoms with E-state index in [4.69, 9.17) is 0 Å². The van der Waals surface area contributed by atoms with E-state index in [2.05, 4.69) is 5.32 Å². The van der Waals surface area contributed by atoms with Gasteiger partial charge in [-0.2, -0.15) is 0 Å². The molecule has 0 aromatic carbocycles. The van der Waals surface area contributed by atoms with E-state index in [-0.39, 0.29) is 11.8 Å². The third-order valence-electron chi connectivity index (χ3n) is 1.86. The highest BCUT2D eigenvalue weighted by Crippen LogP contribution is 1.96. The number of imide groups is 1. The lowest BCUT2D eigenvalue weighted by Crippen LogP contribution is -2.51. The van der Waals surface area contributed by atoms with Gasteiger partial charge in [0.2, 0.25) is 11.8 Å². The zero-order valence-electron chi connectivity index (χ0n) is 7.75. The third kappa shape index (κ3) is 3.38. The predicted octanol–water partition coefficient (Wildman–Crippen LogP) is -0.0890. The molecule has 0 atom stereocenters. The molecule has 0 aliphatic carbocycles. The highest BCUT2D eigenvalue weighted by Gasteiger charge is 2.20. The topological polar surface area (TPSA) is 49.4 Å². The largest absolute Gasteiger partial charge is 0.294 e. The monoisotopic (exact) mass is 182 g/mol. The van der Waals surface area contributed by atoms with Crippen LogP contribution in [0.1, 0.15) is 13.3 Å². The van der Waals surface area contributed by atoms with Crippen molar-refractivity contribution in [1.82, 2.24) is 10.2 Å². The molecular weight excluding hydrogens is 168 g/mol. The molecule has 0 aromatic heterocycles. The second-order valence-corrected chi connectivity index (χ2v) is 3.04. The van der Waals surface area contributed by atoms with Gasteiger partial charge in [-0.05, 0) is 13.3 Å². The molecule has 1 N–H and O–H groups in total. The maximum absolute atomic E-state index is 10.9. The van der Waals surface area contributed by atoms with Crippen molar-refractivity contribution in [2.45, 2.75) is 13.3 Å². The Kier molecular flexibility index (Phi) is 3.64. The van der Waals surface area contributed by atoms with Crippen LogP contribution in [-0.4, -0.2) is 36.3 Å². The summed E-state index contributed by atoms with van der Waals surface area (Å²) in [5.41, 5.74) is 0. The number of carbonyl (C=O) groups excluding carboxylic acids is 2. The molecular formula is C9H14N2O2. The Hall–Kier alpha value is -1.16. The van der Waals surface area contributed by atoms with E-state index in [1.807, 2.05) is 24.0 Å². The van der Waals surface area contributed by atoms with Crippen LogP contribution in [0.4, 0.5) is 0 Å². The number of nitrogens with zero attached hydrogens (tertiary/aromatic N) is 1. The van der Waals surface area contributed by atoms with Gasteiger partial charge in [0.1, 0.15) is 0 Å². The molecule has 13 heavy (non-hydrogen) atoms. The zero-order chi connectivity index (χ0) is 9.68. The Morgan fingerprint density at radius 3 is 2.54 bits per heavy atom. The van der Waals surface area contributed by atoms with Crippen molar-refractivity contribution in [3.8, 4) is 0 Å². The van der Waals surface area contributed by atoms with Gasteiger partial charge < -0.3 is 0 Å². The number of amides is 2. The third-order valence-corrected chi connectivity index (χ3v) is 1.86. The highest BCUT2D eigenvalue weighted by atomic mass is 16.2. The molecule has 0 bridgehead atoms. The number of piperazine rings is 1. The highest BCUT2D eigenvalue weighted by molar-refractivity contribution is 5.99. The van der Waals surface area contributed by atoms with Crippen LogP contribution in [0.5, 0.6) is 0 Å². The van der Waals surface area contributed by atoms with Crippen LogP contribution in [0.25, 0.3) is 0 Å². The maximum Gasteiger partial charge on any atom is 0.240 e. The molecule has 0 saturated carbocycles.